The van der Waals surface area contributed by atoms with Gasteiger partial charge in [0.15, 0.2) is 0 Å². The van der Waals surface area contributed by atoms with Gasteiger partial charge in [0.05, 0.1) is 0 Å². The van der Waals surface area contributed by atoms with Gasteiger partial charge in [-0.3, -0.25) is 0 Å². The fourth-order valence-corrected chi connectivity index (χ4v) is 0.193. The molecule has 0 spiro atoms. The molecule has 0 aliphatic carbocycles. The number of hydrogen-bond donors (Lipinski definition) is 0. The van der Waals surface area contributed by atoms with Crippen molar-refractivity contribution < 1.29 is 22.0 Å². The number of azo groups is 1. The lowest BCUT2D eigenvalue weighted by Crippen LogP contribution is -2.05. The van der Waals surface area contributed by atoms with Crippen molar-refractivity contribution in [2.75, 3.05) is 0 Å². The van der Waals surface area contributed by atoms with Crippen LogP contribution >= 0.6 is 15.9 Å². The SMILES string of the molecule is FC(F)(F)N=NC(F)(F)Br. The molecule has 0 aromatic rings. The molecule has 0 aromatic heterocycles. The van der Waals surface area contributed by atoms with Gasteiger partial charge in [-0.1, -0.05) is 5.11 Å². The minimum absolute atomic E-state index is 1.36. The summed E-state index contributed by atoms with van der Waals surface area (Å²) < 4.78 is 55.7. The van der Waals surface area contributed by atoms with Crippen LogP contribution in [0.1, 0.15) is 0 Å². The van der Waals surface area contributed by atoms with E-state index in [1.54, 1.807) is 5.11 Å². The predicted octanol–water partition coefficient (Wildman–Crippen LogP) is 2.90. The Morgan fingerprint density at radius 2 is 1.30 bits per heavy atom. The van der Waals surface area contributed by atoms with Crippen LogP contribution in [0.15, 0.2) is 10.2 Å². The average molecular weight is 227 g/mol. The zero-order chi connectivity index (χ0) is 8.41. The first-order valence-electron chi connectivity index (χ1n) is 1.78. The molecule has 10 heavy (non-hydrogen) atoms. The van der Waals surface area contributed by atoms with E-state index < -0.39 is 11.3 Å². The predicted molar refractivity (Wildman–Crippen MR) is 24.8 cm³/mol. The monoisotopic (exact) mass is 226 g/mol. The molecule has 0 atom stereocenters. The van der Waals surface area contributed by atoms with E-state index in [9.17, 15) is 22.0 Å². The first kappa shape index (κ1) is 9.73. The topological polar surface area (TPSA) is 24.7 Å². The maximum atomic E-state index is 11.4. The van der Waals surface area contributed by atoms with Gasteiger partial charge >= 0.3 is 11.3 Å². The molecule has 2 nitrogen and oxygen atoms in total. The lowest BCUT2D eigenvalue weighted by Gasteiger charge is -1.99. The van der Waals surface area contributed by atoms with Gasteiger partial charge in [-0.05, 0) is 0 Å². The quantitative estimate of drug-likeness (QED) is 0.284. The van der Waals surface area contributed by atoms with E-state index in [0.29, 0.717) is 0 Å². The van der Waals surface area contributed by atoms with Crippen molar-refractivity contribution in [1.29, 1.82) is 0 Å². The van der Waals surface area contributed by atoms with Gasteiger partial charge in [0.25, 0.3) is 0 Å². The largest absolute Gasteiger partial charge is 0.521 e. The smallest absolute Gasteiger partial charge is 0.167 e. The number of hydrogen-bond acceptors (Lipinski definition) is 2. The molecule has 0 saturated heterocycles. The molecule has 0 saturated carbocycles. The molecule has 0 unspecified atom stereocenters. The highest BCUT2D eigenvalue weighted by atomic mass is 79.9. The lowest BCUT2D eigenvalue weighted by atomic mass is 11.2. The van der Waals surface area contributed by atoms with Crippen molar-refractivity contribution in [3.8, 4) is 0 Å². The third kappa shape index (κ3) is 7.73. The molecule has 0 N–H and O–H groups in total. The minimum Gasteiger partial charge on any atom is -0.167 e. The number of halogens is 6. The molecule has 60 valence electrons. The van der Waals surface area contributed by atoms with Gasteiger partial charge in [0, 0.05) is 15.9 Å². The Morgan fingerprint density at radius 1 is 0.900 bits per heavy atom. The Hall–Kier alpha value is -0.270. The van der Waals surface area contributed by atoms with Crippen LogP contribution in [0.2, 0.25) is 0 Å². The van der Waals surface area contributed by atoms with Crippen LogP contribution < -0.4 is 0 Å². The maximum absolute atomic E-state index is 11.4. The first-order valence-corrected chi connectivity index (χ1v) is 2.57. The molecule has 8 heteroatoms. The summed E-state index contributed by atoms with van der Waals surface area (Å²) in [4.78, 5) is -3.94. The molecular weight excluding hydrogens is 227 g/mol. The van der Waals surface area contributed by atoms with E-state index in [1.807, 2.05) is 0 Å². The number of nitrogens with zero attached hydrogens (tertiary/aromatic N) is 2. The summed E-state index contributed by atoms with van der Waals surface area (Å²) in [6, 6.07) is 0. The highest BCUT2D eigenvalue weighted by Crippen LogP contribution is 2.26. The van der Waals surface area contributed by atoms with E-state index in [4.69, 9.17) is 0 Å². The van der Waals surface area contributed by atoms with Crippen LogP contribution in [-0.4, -0.2) is 11.3 Å². The fourth-order valence-electron chi connectivity index (χ4n) is 0.113. The Kier molecular flexibility index (Phi) is 2.69. The van der Waals surface area contributed by atoms with Gasteiger partial charge in [-0.2, -0.15) is 8.78 Å². The first-order chi connectivity index (χ1) is 4.21. The van der Waals surface area contributed by atoms with Gasteiger partial charge in [-0.25, -0.2) is 0 Å². The van der Waals surface area contributed by atoms with Crippen LogP contribution in [0, 0.1) is 0 Å². The Labute approximate surface area is 60.2 Å². The normalized spacial score (nSPS) is 14.6. The highest BCUT2D eigenvalue weighted by Gasteiger charge is 2.31. The molecule has 0 aliphatic rings. The second-order valence-corrected chi connectivity index (χ2v) is 2.09. The van der Waals surface area contributed by atoms with Gasteiger partial charge in [-0.15, -0.1) is 18.3 Å². The van der Waals surface area contributed by atoms with Crippen LogP contribution in [0.4, 0.5) is 22.0 Å². The minimum atomic E-state index is -5.04. The standard InChI is InChI=1S/C2BrF5N2/c3-1(4,5)9-10-2(6,7)8. The molecular formula is C2BrF5N2. The summed E-state index contributed by atoms with van der Waals surface area (Å²) in [6.07, 6.45) is -5.04. The van der Waals surface area contributed by atoms with E-state index in [0.717, 1.165) is 0 Å². The molecule has 0 amide bonds. The maximum Gasteiger partial charge on any atom is 0.521 e. The average Bonchev–Trinajstić information content (AvgIpc) is 1.57. The number of alkyl halides is 6. The second kappa shape index (κ2) is 2.77. The van der Waals surface area contributed by atoms with E-state index in [1.165, 1.54) is 21.0 Å². The van der Waals surface area contributed by atoms with Crippen LogP contribution in [0.5, 0.6) is 0 Å². The fraction of sp³-hybridized carbons (Fsp3) is 1.00. The van der Waals surface area contributed by atoms with Gasteiger partial charge in [0.1, 0.15) is 0 Å². The summed E-state index contributed by atoms with van der Waals surface area (Å²) in [7, 11) is 0. The van der Waals surface area contributed by atoms with Crippen molar-refractivity contribution in [2.24, 2.45) is 10.2 Å². The third-order valence-corrected chi connectivity index (χ3v) is 0.435. The second-order valence-electron chi connectivity index (χ2n) is 1.14. The van der Waals surface area contributed by atoms with Crippen molar-refractivity contribution in [1.82, 2.24) is 0 Å². The molecule has 0 fully saturated rings. The number of rotatable bonds is 1. The molecule has 0 bridgehead atoms. The van der Waals surface area contributed by atoms with Gasteiger partial charge < -0.3 is 0 Å². The Bertz CT molecular complexity index is 118. The summed E-state index contributed by atoms with van der Waals surface area (Å²) in [5.41, 5.74) is 0. The summed E-state index contributed by atoms with van der Waals surface area (Å²) >= 11 is 1.54. The Balaban J connectivity index is 4.01. The summed E-state index contributed by atoms with van der Waals surface area (Å²) in [6.45, 7) is 0. The molecule has 0 rings (SSSR count). The summed E-state index contributed by atoms with van der Waals surface area (Å²) in [5, 5.41) is 2.97. The van der Waals surface area contributed by atoms with Crippen LogP contribution in [0.25, 0.3) is 0 Å². The third-order valence-electron chi connectivity index (χ3n) is 0.277. The van der Waals surface area contributed by atoms with Crippen molar-refractivity contribution in [3.05, 3.63) is 0 Å². The van der Waals surface area contributed by atoms with Crippen LogP contribution in [0.3, 0.4) is 0 Å². The van der Waals surface area contributed by atoms with E-state index >= 15 is 0 Å². The highest BCUT2D eigenvalue weighted by molar-refractivity contribution is 9.09. The summed E-state index contributed by atoms with van der Waals surface area (Å²) in [5.74, 6) is 0. The molecule has 0 heterocycles. The van der Waals surface area contributed by atoms with Crippen molar-refractivity contribution >= 4 is 15.9 Å². The zero-order valence-electron chi connectivity index (χ0n) is 4.16. The van der Waals surface area contributed by atoms with Crippen molar-refractivity contribution in [3.63, 3.8) is 0 Å². The van der Waals surface area contributed by atoms with Crippen LogP contribution in [-0.2, 0) is 0 Å². The van der Waals surface area contributed by atoms with E-state index in [2.05, 4.69) is 0 Å². The molecule has 0 aromatic carbocycles. The molecule has 0 aliphatic heterocycles. The van der Waals surface area contributed by atoms with E-state index in [-0.39, 0.29) is 0 Å². The lowest BCUT2D eigenvalue weighted by molar-refractivity contribution is -0.130. The van der Waals surface area contributed by atoms with Gasteiger partial charge in [0.2, 0.25) is 0 Å². The molecule has 0 radical (unpaired) electrons. The van der Waals surface area contributed by atoms with Crippen molar-refractivity contribution in [2.45, 2.75) is 11.3 Å². The zero-order valence-corrected chi connectivity index (χ0v) is 5.75. The Morgan fingerprint density at radius 3 is 1.40 bits per heavy atom.